The summed E-state index contributed by atoms with van der Waals surface area (Å²) in [7, 11) is 0. The van der Waals surface area contributed by atoms with E-state index in [1.165, 1.54) is 0 Å². The highest BCUT2D eigenvalue weighted by Crippen LogP contribution is 2.14. The summed E-state index contributed by atoms with van der Waals surface area (Å²) < 4.78 is 15.8. The van der Waals surface area contributed by atoms with Gasteiger partial charge in [0.25, 0.3) is 0 Å². The Balaban J connectivity index is 4.86. The Hall–Kier alpha value is -2.27. The number of nitrogens with two attached hydrogens (primary N) is 1. The molecule has 0 radical (unpaired) electrons. The Bertz CT molecular complexity index is 525. The van der Waals surface area contributed by atoms with Crippen LogP contribution in [0.1, 0.15) is 60.8 Å². The fourth-order valence-corrected chi connectivity index (χ4v) is 1.71. The number of aliphatic imine (C=N–C) groups is 1. The van der Waals surface area contributed by atoms with E-state index >= 15 is 0 Å². The van der Waals surface area contributed by atoms with Gasteiger partial charge in [0.15, 0.2) is 0 Å². The molecule has 0 fully saturated rings. The lowest BCUT2D eigenvalue weighted by atomic mass is 10.2. The van der Waals surface area contributed by atoms with Gasteiger partial charge < -0.3 is 19.9 Å². The third-order valence-corrected chi connectivity index (χ3v) is 2.75. The summed E-state index contributed by atoms with van der Waals surface area (Å²) in [5.41, 5.74) is 4.22. The number of hydrogen-bond acceptors (Lipinski definition) is 6. The Morgan fingerprint density at radius 2 is 1.52 bits per heavy atom. The maximum atomic E-state index is 12.4. The standard InChI is InChI=1S/C19H33N3O5/c1-8-9-10-11-13-25-14-12-21-15(20)22(16(23)26-18(2,3)4)17(24)27-19(5,6)7/h1H,9-14H2,2-7H3,(H2,20,21). The van der Waals surface area contributed by atoms with Crippen LogP contribution in [-0.4, -0.2) is 54.0 Å². The molecular formula is C19H33N3O5. The van der Waals surface area contributed by atoms with E-state index in [2.05, 4.69) is 10.9 Å². The number of terminal acetylenes is 1. The molecule has 0 aliphatic heterocycles. The highest BCUT2D eigenvalue weighted by molar-refractivity contribution is 6.07. The molecule has 0 aromatic carbocycles. The molecule has 0 heterocycles. The topological polar surface area (TPSA) is 103 Å². The molecule has 0 aromatic rings. The number of hydrogen-bond donors (Lipinski definition) is 1. The summed E-state index contributed by atoms with van der Waals surface area (Å²) in [4.78, 5) is 29.3. The first-order valence-corrected chi connectivity index (χ1v) is 8.94. The highest BCUT2D eigenvalue weighted by atomic mass is 16.6. The molecule has 154 valence electrons. The van der Waals surface area contributed by atoms with Crippen molar-refractivity contribution in [2.75, 3.05) is 19.8 Å². The fourth-order valence-electron chi connectivity index (χ4n) is 1.71. The smallest absolute Gasteiger partial charge is 0.427 e. The maximum Gasteiger partial charge on any atom is 0.427 e. The molecule has 0 spiro atoms. The van der Waals surface area contributed by atoms with Gasteiger partial charge in [0, 0.05) is 13.0 Å². The van der Waals surface area contributed by atoms with Gasteiger partial charge in [-0.1, -0.05) is 0 Å². The van der Waals surface area contributed by atoms with Crippen LogP contribution in [0.15, 0.2) is 4.99 Å². The molecule has 0 aliphatic carbocycles. The Morgan fingerprint density at radius 1 is 1.00 bits per heavy atom. The van der Waals surface area contributed by atoms with E-state index in [-0.39, 0.29) is 12.5 Å². The van der Waals surface area contributed by atoms with Crippen LogP contribution >= 0.6 is 0 Å². The van der Waals surface area contributed by atoms with Crippen molar-refractivity contribution in [3.63, 3.8) is 0 Å². The van der Waals surface area contributed by atoms with Crippen LogP contribution in [0.2, 0.25) is 0 Å². The summed E-state index contributed by atoms with van der Waals surface area (Å²) in [6.07, 6.45) is 5.74. The fraction of sp³-hybridized carbons (Fsp3) is 0.737. The second kappa shape index (κ2) is 11.4. The SMILES string of the molecule is C#CCCCCOCC/N=C(\N)N(C(=O)OC(C)(C)C)C(=O)OC(C)(C)C. The largest absolute Gasteiger partial charge is 0.443 e. The van der Waals surface area contributed by atoms with Crippen molar-refractivity contribution < 1.29 is 23.8 Å². The van der Waals surface area contributed by atoms with Crippen molar-refractivity contribution >= 4 is 18.1 Å². The number of imide groups is 1. The molecule has 0 bridgehead atoms. The van der Waals surface area contributed by atoms with Crippen molar-refractivity contribution in [3.05, 3.63) is 0 Å². The number of unbranched alkanes of at least 4 members (excludes halogenated alkanes) is 2. The Kier molecular flexibility index (Phi) is 10.5. The lowest BCUT2D eigenvalue weighted by Crippen LogP contribution is -2.50. The van der Waals surface area contributed by atoms with Gasteiger partial charge in [-0.05, 0) is 54.4 Å². The summed E-state index contributed by atoms with van der Waals surface area (Å²) in [6, 6.07) is 0. The minimum Gasteiger partial charge on any atom is -0.443 e. The van der Waals surface area contributed by atoms with Crippen LogP contribution < -0.4 is 5.73 Å². The zero-order valence-corrected chi connectivity index (χ0v) is 17.3. The van der Waals surface area contributed by atoms with Crippen LogP contribution in [0.3, 0.4) is 0 Å². The number of rotatable bonds is 7. The molecule has 0 atom stereocenters. The third kappa shape index (κ3) is 12.7. The quantitative estimate of drug-likeness (QED) is 0.313. The average Bonchev–Trinajstić information content (AvgIpc) is 2.46. The van der Waals surface area contributed by atoms with Gasteiger partial charge in [0.1, 0.15) is 11.2 Å². The first-order chi connectivity index (χ1) is 12.4. The summed E-state index contributed by atoms with van der Waals surface area (Å²) in [5.74, 6) is 2.25. The number of guanidine groups is 1. The number of ether oxygens (including phenoxy) is 3. The van der Waals surface area contributed by atoms with Gasteiger partial charge >= 0.3 is 12.2 Å². The number of amides is 2. The van der Waals surface area contributed by atoms with Crippen molar-refractivity contribution in [1.82, 2.24) is 4.90 Å². The van der Waals surface area contributed by atoms with E-state index < -0.39 is 23.4 Å². The van der Waals surface area contributed by atoms with Crippen LogP contribution in [-0.2, 0) is 14.2 Å². The summed E-state index contributed by atoms with van der Waals surface area (Å²) in [5, 5.41) is 0. The number of nitrogens with zero attached hydrogens (tertiary/aromatic N) is 2. The molecule has 0 saturated heterocycles. The molecule has 27 heavy (non-hydrogen) atoms. The molecule has 8 nitrogen and oxygen atoms in total. The second-order valence-corrected chi connectivity index (χ2v) is 7.81. The Labute approximate surface area is 162 Å². The van der Waals surface area contributed by atoms with E-state index in [0.29, 0.717) is 18.1 Å². The van der Waals surface area contributed by atoms with E-state index in [1.54, 1.807) is 41.5 Å². The van der Waals surface area contributed by atoms with Crippen molar-refractivity contribution in [2.24, 2.45) is 10.7 Å². The van der Waals surface area contributed by atoms with Gasteiger partial charge in [-0.25, -0.2) is 14.6 Å². The van der Waals surface area contributed by atoms with Gasteiger partial charge in [0.05, 0.1) is 13.2 Å². The molecule has 2 amide bonds. The zero-order valence-electron chi connectivity index (χ0n) is 17.3. The normalized spacial score (nSPS) is 12.3. The molecule has 0 aromatic heterocycles. The third-order valence-electron chi connectivity index (χ3n) is 2.75. The molecule has 0 rings (SSSR count). The summed E-state index contributed by atoms with van der Waals surface area (Å²) >= 11 is 0. The molecule has 0 saturated carbocycles. The monoisotopic (exact) mass is 383 g/mol. The van der Waals surface area contributed by atoms with Gasteiger partial charge in [-0.2, -0.15) is 0 Å². The average molecular weight is 383 g/mol. The van der Waals surface area contributed by atoms with Crippen molar-refractivity contribution in [2.45, 2.75) is 72.0 Å². The van der Waals surface area contributed by atoms with Crippen LogP contribution in [0, 0.1) is 12.3 Å². The van der Waals surface area contributed by atoms with E-state index in [1.807, 2.05) is 0 Å². The van der Waals surface area contributed by atoms with E-state index in [9.17, 15) is 9.59 Å². The molecular weight excluding hydrogens is 350 g/mol. The van der Waals surface area contributed by atoms with Gasteiger partial charge in [-0.15, -0.1) is 17.2 Å². The van der Waals surface area contributed by atoms with Crippen LogP contribution in [0.5, 0.6) is 0 Å². The zero-order chi connectivity index (χ0) is 21.1. The van der Waals surface area contributed by atoms with Gasteiger partial charge in [0.2, 0.25) is 5.96 Å². The number of carbonyl (C=O) groups excluding carboxylic acids is 2. The van der Waals surface area contributed by atoms with Gasteiger partial charge in [-0.3, -0.25) is 0 Å². The van der Waals surface area contributed by atoms with Crippen LogP contribution in [0.25, 0.3) is 0 Å². The van der Waals surface area contributed by atoms with Crippen LogP contribution in [0.4, 0.5) is 9.59 Å². The summed E-state index contributed by atoms with van der Waals surface area (Å²) in [6.45, 7) is 11.1. The highest BCUT2D eigenvalue weighted by Gasteiger charge is 2.33. The lowest BCUT2D eigenvalue weighted by Gasteiger charge is -2.27. The number of carbonyl (C=O) groups is 2. The predicted molar refractivity (Wildman–Crippen MR) is 104 cm³/mol. The maximum absolute atomic E-state index is 12.4. The van der Waals surface area contributed by atoms with E-state index in [4.69, 9.17) is 26.4 Å². The first kappa shape index (κ1) is 24.7. The minimum atomic E-state index is -0.951. The molecule has 2 N–H and O–H groups in total. The van der Waals surface area contributed by atoms with E-state index in [0.717, 1.165) is 19.3 Å². The Morgan fingerprint density at radius 3 is 1.96 bits per heavy atom. The lowest BCUT2D eigenvalue weighted by molar-refractivity contribution is 0.0144. The first-order valence-electron chi connectivity index (χ1n) is 8.94. The van der Waals surface area contributed by atoms with Crippen molar-refractivity contribution in [3.8, 4) is 12.3 Å². The molecule has 0 unspecified atom stereocenters. The minimum absolute atomic E-state index is 0.184. The molecule has 8 heteroatoms. The predicted octanol–water partition coefficient (Wildman–Crippen LogP) is 3.29. The van der Waals surface area contributed by atoms with Crippen molar-refractivity contribution in [1.29, 1.82) is 0 Å². The molecule has 0 aliphatic rings. The second-order valence-electron chi connectivity index (χ2n) is 7.81.